The maximum absolute atomic E-state index is 12.9. The van der Waals surface area contributed by atoms with E-state index in [9.17, 15) is 9.18 Å². The van der Waals surface area contributed by atoms with Crippen molar-refractivity contribution in [2.24, 2.45) is 5.73 Å². The van der Waals surface area contributed by atoms with E-state index in [1.165, 1.54) is 12.1 Å². The van der Waals surface area contributed by atoms with Crippen molar-refractivity contribution in [1.82, 2.24) is 4.90 Å². The van der Waals surface area contributed by atoms with Crippen LogP contribution < -0.4 is 5.73 Å². The van der Waals surface area contributed by atoms with Gasteiger partial charge in [0.2, 0.25) is 5.91 Å². The Labute approximate surface area is 126 Å². The summed E-state index contributed by atoms with van der Waals surface area (Å²) in [6, 6.07) is 4.47. The number of likely N-dealkylation sites (tertiary alicyclic amines) is 1. The predicted octanol–water partition coefficient (Wildman–Crippen LogP) is 2.50. The molecule has 1 aliphatic rings. The summed E-state index contributed by atoms with van der Waals surface area (Å²) in [4.78, 5) is 13.9. The van der Waals surface area contributed by atoms with Gasteiger partial charge in [0.05, 0.1) is 6.42 Å². The van der Waals surface area contributed by atoms with E-state index in [0.717, 1.165) is 24.9 Å². The molecule has 3 nitrogen and oxygen atoms in total. The summed E-state index contributed by atoms with van der Waals surface area (Å²) in [5, 5.41) is 0. The molecule has 1 fully saturated rings. The molecule has 0 saturated carbocycles. The number of piperidine rings is 1. The molecule has 6 heteroatoms. The molecular weight excluding hydrogens is 335 g/mol. The third-order valence-electron chi connectivity index (χ3n) is 3.17. The van der Waals surface area contributed by atoms with Crippen LogP contribution in [0.5, 0.6) is 0 Å². The number of carbonyl (C=O) groups is 1. The minimum Gasteiger partial charge on any atom is -0.341 e. The van der Waals surface area contributed by atoms with Crippen molar-refractivity contribution in [3.05, 3.63) is 34.1 Å². The van der Waals surface area contributed by atoms with E-state index in [0.29, 0.717) is 11.0 Å². The molecule has 0 bridgehead atoms. The van der Waals surface area contributed by atoms with Gasteiger partial charge in [-0.1, -0.05) is 22.0 Å². The molecule has 0 aromatic heterocycles. The Kier molecular flexibility index (Phi) is 6.23. The molecular formula is C13H17BrClFN2O. The summed E-state index contributed by atoms with van der Waals surface area (Å²) in [5.74, 6) is -0.254. The molecule has 2 rings (SSSR count). The van der Waals surface area contributed by atoms with Gasteiger partial charge in [0, 0.05) is 23.6 Å². The second-order valence-electron chi connectivity index (χ2n) is 4.65. The first-order chi connectivity index (χ1) is 8.56. The van der Waals surface area contributed by atoms with Crippen LogP contribution in [0.1, 0.15) is 18.4 Å². The van der Waals surface area contributed by atoms with Crippen LogP contribution in [0, 0.1) is 5.82 Å². The van der Waals surface area contributed by atoms with Crippen LogP contribution in [0.15, 0.2) is 22.7 Å². The number of hydrogen-bond acceptors (Lipinski definition) is 2. The monoisotopic (exact) mass is 350 g/mol. The smallest absolute Gasteiger partial charge is 0.227 e. The zero-order valence-electron chi connectivity index (χ0n) is 10.4. The van der Waals surface area contributed by atoms with Crippen LogP contribution in [-0.4, -0.2) is 29.9 Å². The first kappa shape index (κ1) is 16.4. The Bertz CT molecular complexity index is 458. The van der Waals surface area contributed by atoms with Gasteiger partial charge < -0.3 is 10.6 Å². The van der Waals surface area contributed by atoms with Crippen LogP contribution in [0.2, 0.25) is 0 Å². The molecule has 1 aromatic carbocycles. The summed E-state index contributed by atoms with van der Waals surface area (Å²) in [6.45, 7) is 1.39. The van der Waals surface area contributed by atoms with Crippen LogP contribution in [-0.2, 0) is 11.2 Å². The molecule has 0 spiro atoms. The van der Waals surface area contributed by atoms with E-state index in [1.807, 2.05) is 0 Å². The number of halogens is 3. The average molecular weight is 352 g/mol. The van der Waals surface area contributed by atoms with E-state index in [1.54, 1.807) is 11.0 Å². The minimum atomic E-state index is -0.307. The Balaban J connectivity index is 0.00000180. The third-order valence-corrected chi connectivity index (χ3v) is 3.91. The van der Waals surface area contributed by atoms with Crippen LogP contribution in [0.3, 0.4) is 0 Å². The van der Waals surface area contributed by atoms with E-state index in [4.69, 9.17) is 5.73 Å². The predicted molar refractivity (Wildman–Crippen MR) is 78.8 cm³/mol. The number of hydrogen-bond donors (Lipinski definition) is 1. The van der Waals surface area contributed by atoms with Gasteiger partial charge in [-0.3, -0.25) is 4.79 Å². The molecule has 1 heterocycles. The number of nitrogens with two attached hydrogens (primary N) is 1. The summed E-state index contributed by atoms with van der Waals surface area (Å²) >= 11 is 3.28. The average Bonchev–Trinajstić information content (AvgIpc) is 2.32. The molecule has 0 aliphatic carbocycles. The highest BCUT2D eigenvalue weighted by Gasteiger charge is 2.21. The Morgan fingerprint density at radius 2 is 2.26 bits per heavy atom. The van der Waals surface area contributed by atoms with E-state index in [2.05, 4.69) is 15.9 Å². The lowest BCUT2D eigenvalue weighted by Gasteiger charge is -2.31. The third kappa shape index (κ3) is 4.44. The normalized spacial score (nSPS) is 18.9. The van der Waals surface area contributed by atoms with E-state index in [-0.39, 0.29) is 36.6 Å². The van der Waals surface area contributed by atoms with Crippen molar-refractivity contribution in [1.29, 1.82) is 0 Å². The first-order valence-corrected chi connectivity index (χ1v) is 6.83. The van der Waals surface area contributed by atoms with Crippen molar-refractivity contribution >= 4 is 34.2 Å². The maximum atomic E-state index is 12.9. The number of carbonyl (C=O) groups excluding carboxylic acids is 1. The molecule has 1 aliphatic heterocycles. The second kappa shape index (κ2) is 7.22. The molecule has 1 amide bonds. The van der Waals surface area contributed by atoms with Gasteiger partial charge in [0.15, 0.2) is 0 Å². The molecule has 1 saturated heterocycles. The number of amides is 1. The maximum Gasteiger partial charge on any atom is 0.227 e. The Hall–Kier alpha value is -0.650. The standard InChI is InChI=1S/C13H16BrFN2O.ClH/c14-12-7-10(15)4-3-9(12)6-13(18)17-5-1-2-11(16)8-17;/h3-4,7,11H,1-2,5-6,8,16H2;1H/t11-;/m1./s1. The lowest BCUT2D eigenvalue weighted by atomic mass is 10.1. The first-order valence-electron chi connectivity index (χ1n) is 6.03. The summed E-state index contributed by atoms with van der Waals surface area (Å²) in [6.07, 6.45) is 2.22. The lowest BCUT2D eigenvalue weighted by Crippen LogP contribution is -2.46. The SMILES string of the molecule is Cl.N[C@@H]1CCCN(C(=O)Cc2ccc(F)cc2Br)C1. The molecule has 0 unspecified atom stereocenters. The highest BCUT2D eigenvalue weighted by Crippen LogP contribution is 2.20. The van der Waals surface area contributed by atoms with Crippen LogP contribution in [0.4, 0.5) is 4.39 Å². The summed E-state index contributed by atoms with van der Waals surface area (Å²) < 4.78 is 13.6. The molecule has 0 radical (unpaired) electrons. The van der Waals surface area contributed by atoms with Gasteiger partial charge in [0.25, 0.3) is 0 Å². The minimum absolute atomic E-state index is 0. The molecule has 106 valence electrons. The van der Waals surface area contributed by atoms with Crippen LogP contribution in [0.25, 0.3) is 0 Å². The van der Waals surface area contributed by atoms with Gasteiger partial charge in [-0.05, 0) is 30.5 Å². The second-order valence-corrected chi connectivity index (χ2v) is 5.51. The number of benzene rings is 1. The quantitative estimate of drug-likeness (QED) is 0.890. The zero-order chi connectivity index (χ0) is 13.1. The van der Waals surface area contributed by atoms with Crippen molar-refractivity contribution in [3.63, 3.8) is 0 Å². The highest BCUT2D eigenvalue weighted by atomic mass is 79.9. The number of rotatable bonds is 2. The highest BCUT2D eigenvalue weighted by molar-refractivity contribution is 9.10. The van der Waals surface area contributed by atoms with Crippen LogP contribution >= 0.6 is 28.3 Å². The zero-order valence-corrected chi connectivity index (χ0v) is 12.8. The van der Waals surface area contributed by atoms with Gasteiger partial charge in [0.1, 0.15) is 5.82 Å². The fourth-order valence-corrected chi connectivity index (χ4v) is 2.67. The largest absolute Gasteiger partial charge is 0.341 e. The van der Waals surface area contributed by atoms with Crippen molar-refractivity contribution in [2.75, 3.05) is 13.1 Å². The van der Waals surface area contributed by atoms with Crippen molar-refractivity contribution in [2.45, 2.75) is 25.3 Å². The molecule has 1 atom stereocenters. The van der Waals surface area contributed by atoms with Gasteiger partial charge in [-0.2, -0.15) is 0 Å². The Morgan fingerprint density at radius 1 is 1.53 bits per heavy atom. The van der Waals surface area contributed by atoms with Gasteiger partial charge in [-0.25, -0.2) is 4.39 Å². The fraction of sp³-hybridized carbons (Fsp3) is 0.462. The van der Waals surface area contributed by atoms with Gasteiger partial charge >= 0.3 is 0 Å². The molecule has 2 N–H and O–H groups in total. The van der Waals surface area contributed by atoms with E-state index < -0.39 is 0 Å². The van der Waals surface area contributed by atoms with E-state index >= 15 is 0 Å². The van der Waals surface area contributed by atoms with Crippen molar-refractivity contribution in [3.8, 4) is 0 Å². The summed E-state index contributed by atoms with van der Waals surface area (Å²) in [7, 11) is 0. The van der Waals surface area contributed by atoms with Gasteiger partial charge in [-0.15, -0.1) is 12.4 Å². The lowest BCUT2D eigenvalue weighted by molar-refractivity contribution is -0.131. The molecule has 19 heavy (non-hydrogen) atoms. The number of nitrogens with zero attached hydrogens (tertiary/aromatic N) is 1. The fourth-order valence-electron chi connectivity index (χ4n) is 2.18. The summed E-state index contributed by atoms with van der Waals surface area (Å²) in [5.41, 5.74) is 6.66. The Morgan fingerprint density at radius 3 is 2.89 bits per heavy atom. The topological polar surface area (TPSA) is 46.3 Å². The molecule has 1 aromatic rings. The van der Waals surface area contributed by atoms with Crippen molar-refractivity contribution < 1.29 is 9.18 Å².